The van der Waals surface area contributed by atoms with Gasteiger partial charge < -0.3 is 10.5 Å². The minimum atomic E-state index is -3.14. The largest absolute Gasteiger partial charge is 0.383 e. The zero-order valence-corrected chi connectivity index (χ0v) is 13.4. The molecule has 2 unspecified atom stereocenters. The van der Waals surface area contributed by atoms with Gasteiger partial charge in [0.2, 0.25) is 6.23 Å². The highest BCUT2D eigenvalue weighted by Crippen LogP contribution is 2.42. The van der Waals surface area contributed by atoms with Gasteiger partial charge in [-0.15, -0.1) is 0 Å². The van der Waals surface area contributed by atoms with E-state index in [0.717, 1.165) is 17.7 Å². The number of fused-ring (bicyclic) bond motifs is 1. The molecule has 132 valence electrons. The first-order valence-electron chi connectivity index (χ1n) is 8.09. The van der Waals surface area contributed by atoms with Crippen molar-refractivity contribution in [2.45, 2.75) is 37.8 Å². The van der Waals surface area contributed by atoms with E-state index in [4.69, 9.17) is 10.5 Å². The maximum atomic E-state index is 14.4. The summed E-state index contributed by atoms with van der Waals surface area (Å²) in [5.41, 5.74) is 7.00. The van der Waals surface area contributed by atoms with Gasteiger partial charge in [-0.2, -0.15) is 4.98 Å². The molecule has 2 aromatic rings. The second-order valence-electron chi connectivity index (χ2n) is 6.56. The van der Waals surface area contributed by atoms with Crippen LogP contribution in [0.2, 0.25) is 0 Å². The lowest BCUT2D eigenvalue weighted by atomic mass is 10.1. The standard InChI is InChI=1S/C17H18F2N4O2/c18-17(19)7-13(10-22-8-11-3-1-2-4-12(11)9-22)25-15(17)23-6-5-14(20)21-16(23)24/h1-6,13,15H,7-10H2,(H2,20,21,24). The second-order valence-corrected chi connectivity index (χ2v) is 6.56. The maximum Gasteiger partial charge on any atom is 0.351 e. The third kappa shape index (κ3) is 3.03. The number of ether oxygens (including phenoxy) is 1. The van der Waals surface area contributed by atoms with Crippen LogP contribution in [0.15, 0.2) is 41.3 Å². The van der Waals surface area contributed by atoms with Crippen LogP contribution in [0.25, 0.3) is 0 Å². The van der Waals surface area contributed by atoms with Crippen molar-refractivity contribution in [3.8, 4) is 0 Å². The van der Waals surface area contributed by atoms with Gasteiger partial charge in [0.25, 0.3) is 5.92 Å². The molecular formula is C17H18F2N4O2. The maximum absolute atomic E-state index is 14.4. The van der Waals surface area contributed by atoms with Gasteiger partial charge in [0.15, 0.2) is 0 Å². The zero-order valence-electron chi connectivity index (χ0n) is 13.4. The number of alkyl halides is 2. The average Bonchev–Trinajstić information content (AvgIpc) is 3.07. The second kappa shape index (κ2) is 5.89. The molecule has 0 saturated carbocycles. The summed E-state index contributed by atoms with van der Waals surface area (Å²) in [7, 11) is 0. The number of benzene rings is 1. The van der Waals surface area contributed by atoms with Gasteiger partial charge in [-0.25, -0.2) is 13.6 Å². The van der Waals surface area contributed by atoms with Crippen molar-refractivity contribution in [2.75, 3.05) is 12.3 Å². The van der Waals surface area contributed by atoms with Crippen LogP contribution in [0.1, 0.15) is 23.8 Å². The fourth-order valence-corrected chi connectivity index (χ4v) is 3.54. The van der Waals surface area contributed by atoms with Crippen LogP contribution in [0, 0.1) is 0 Å². The van der Waals surface area contributed by atoms with E-state index in [1.807, 2.05) is 24.3 Å². The Bertz CT molecular complexity index is 830. The third-order valence-corrected chi connectivity index (χ3v) is 4.65. The minimum Gasteiger partial charge on any atom is -0.383 e. The van der Waals surface area contributed by atoms with Crippen LogP contribution < -0.4 is 11.4 Å². The lowest BCUT2D eigenvalue weighted by Crippen LogP contribution is -2.35. The molecule has 2 aliphatic heterocycles. The summed E-state index contributed by atoms with van der Waals surface area (Å²) >= 11 is 0. The summed E-state index contributed by atoms with van der Waals surface area (Å²) in [6, 6.07) is 9.34. The number of rotatable bonds is 3. The number of nitrogen functional groups attached to an aromatic ring is 1. The first-order chi connectivity index (χ1) is 11.9. The van der Waals surface area contributed by atoms with Gasteiger partial charge in [-0.1, -0.05) is 24.3 Å². The molecule has 4 rings (SSSR count). The van der Waals surface area contributed by atoms with Crippen LogP contribution in [-0.4, -0.2) is 33.0 Å². The lowest BCUT2D eigenvalue weighted by molar-refractivity contribution is -0.118. The molecule has 2 atom stereocenters. The van der Waals surface area contributed by atoms with Crippen molar-refractivity contribution in [3.05, 3.63) is 58.1 Å². The van der Waals surface area contributed by atoms with E-state index in [0.29, 0.717) is 6.54 Å². The van der Waals surface area contributed by atoms with E-state index < -0.39 is 30.4 Å². The predicted octanol–water partition coefficient (Wildman–Crippen LogP) is 1.76. The monoisotopic (exact) mass is 348 g/mol. The van der Waals surface area contributed by atoms with Gasteiger partial charge in [0.1, 0.15) is 5.82 Å². The Kier molecular flexibility index (Phi) is 3.81. The molecule has 1 saturated heterocycles. The van der Waals surface area contributed by atoms with E-state index in [9.17, 15) is 13.6 Å². The van der Waals surface area contributed by atoms with Crippen LogP contribution >= 0.6 is 0 Å². The molecule has 0 amide bonds. The Morgan fingerprint density at radius 1 is 1.24 bits per heavy atom. The van der Waals surface area contributed by atoms with Gasteiger partial charge in [-0.05, 0) is 17.2 Å². The number of hydrogen-bond donors (Lipinski definition) is 1. The molecule has 25 heavy (non-hydrogen) atoms. The quantitative estimate of drug-likeness (QED) is 0.915. The number of nitrogens with zero attached hydrogens (tertiary/aromatic N) is 3. The SMILES string of the molecule is Nc1ccn(C2OC(CN3Cc4ccccc4C3)CC2(F)F)c(=O)n1. The molecule has 1 aromatic heterocycles. The van der Waals surface area contributed by atoms with Crippen LogP contribution in [-0.2, 0) is 17.8 Å². The third-order valence-electron chi connectivity index (χ3n) is 4.65. The fourth-order valence-electron chi connectivity index (χ4n) is 3.54. The van der Waals surface area contributed by atoms with Crippen molar-refractivity contribution >= 4 is 5.82 Å². The number of anilines is 1. The molecule has 6 nitrogen and oxygen atoms in total. The van der Waals surface area contributed by atoms with Crippen molar-refractivity contribution in [1.82, 2.24) is 14.5 Å². The summed E-state index contributed by atoms with van der Waals surface area (Å²) < 4.78 is 35.1. The van der Waals surface area contributed by atoms with E-state index in [1.165, 1.54) is 23.4 Å². The van der Waals surface area contributed by atoms with Crippen LogP contribution in [0.4, 0.5) is 14.6 Å². The van der Waals surface area contributed by atoms with E-state index in [2.05, 4.69) is 9.88 Å². The summed E-state index contributed by atoms with van der Waals surface area (Å²) in [4.78, 5) is 17.4. The Morgan fingerprint density at radius 3 is 2.56 bits per heavy atom. The molecule has 0 bridgehead atoms. The molecule has 3 heterocycles. The molecule has 0 aliphatic carbocycles. The average molecular weight is 348 g/mol. The Morgan fingerprint density at radius 2 is 1.92 bits per heavy atom. The summed E-state index contributed by atoms with van der Waals surface area (Å²) in [5, 5.41) is 0. The molecule has 2 aliphatic rings. The Balaban J connectivity index is 1.48. The molecule has 0 spiro atoms. The number of hydrogen-bond acceptors (Lipinski definition) is 5. The van der Waals surface area contributed by atoms with Gasteiger partial charge in [-0.3, -0.25) is 9.47 Å². The van der Waals surface area contributed by atoms with E-state index >= 15 is 0 Å². The van der Waals surface area contributed by atoms with E-state index in [-0.39, 0.29) is 5.82 Å². The molecular weight excluding hydrogens is 330 g/mol. The smallest absolute Gasteiger partial charge is 0.351 e. The minimum absolute atomic E-state index is 0.00561. The number of nitrogens with two attached hydrogens (primary N) is 1. The normalized spacial score (nSPS) is 25.2. The summed E-state index contributed by atoms with van der Waals surface area (Å²) in [6.45, 7) is 1.82. The predicted molar refractivity (Wildman–Crippen MR) is 86.9 cm³/mol. The fraction of sp³-hybridized carbons (Fsp3) is 0.412. The van der Waals surface area contributed by atoms with Gasteiger partial charge in [0, 0.05) is 32.3 Å². The van der Waals surface area contributed by atoms with Crippen molar-refractivity contribution in [2.24, 2.45) is 0 Å². The summed E-state index contributed by atoms with van der Waals surface area (Å²) in [5.74, 6) is -3.15. The molecule has 0 radical (unpaired) electrons. The van der Waals surface area contributed by atoms with Crippen LogP contribution in [0.5, 0.6) is 0 Å². The van der Waals surface area contributed by atoms with Crippen molar-refractivity contribution < 1.29 is 13.5 Å². The molecule has 8 heteroatoms. The molecule has 1 aromatic carbocycles. The zero-order chi connectivity index (χ0) is 17.6. The molecule has 2 N–H and O–H groups in total. The highest BCUT2D eigenvalue weighted by atomic mass is 19.3. The lowest BCUT2D eigenvalue weighted by Gasteiger charge is -2.21. The van der Waals surface area contributed by atoms with Gasteiger partial charge in [0.05, 0.1) is 6.10 Å². The number of halogens is 2. The highest BCUT2D eigenvalue weighted by molar-refractivity contribution is 5.30. The van der Waals surface area contributed by atoms with Crippen molar-refractivity contribution in [3.63, 3.8) is 0 Å². The molecule has 1 fully saturated rings. The van der Waals surface area contributed by atoms with Crippen LogP contribution in [0.3, 0.4) is 0 Å². The first-order valence-corrected chi connectivity index (χ1v) is 8.09. The van der Waals surface area contributed by atoms with Crippen molar-refractivity contribution in [1.29, 1.82) is 0 Å². The number of aromatic nitrogens is 2. The van der Waals surface area contributed by atoms with Gasteiger partial charge >= 0.3 is 5.69 Å². The Hall–Kier alpha value is -2.32. The summed E-state index contributed by atoms with van der Waals surface area (Å²) in [6.07, 6.45) is -1.53. The van der Waals surface area contributed by atoms with E-state index in [1.54, 1.807) is 0 Å². The topological polar surface area (TPSA) is 73.4 Å². The highest BCUT2D eigenvalue weighted by Gasteiger charge is 2.52. The first kappa shape index (κ1) is 16.2. The Labute approximate surface area is 142 Å².